The van der Waals surface area contributed by atoms with Crippen molar-refractivity contribution in [1.29, 1.82) is 0 Å². The van der Waals surface area contributed by atoms with Gasteiger partial charge in [0.2, 0.25) is 0 Å². The predicted octanol–water partition coefficient (Wildman–Crippen LogP) is 4.74. The highest BCUT2D eigenvalue weighted by molar-refractivity contribution is 5.73. The molecule has 0 spiro atoms. The minimum Gasteiger partial charge on any atom is -0.507 e. The maximum atomic E-state index is 11.2. The molecule has 0 aliphatic rings. The van der Waals surface area contributed by atoms with E-state index < -0.39 is 5.97 Å². The van der Waals surface area contributed by atoms with Crippen molar-refractivity contribution in [3.05, 3.63) is 84.2 Å². The summed E-state index contributed by atoms with van der Waals surface area (Å²) in [4.78, 5) is 15.9. The first-order valence-electron chi connectivity index (χ1n) is 9.90. The topological polar surface area (TPSA) is 86.5 Å². The van der Waals surface area contributed by atoms with E-state index in [4.69, 9.17) is 9.47 Å². The Morgan fingerprint density at radius 1 is 0.969 bits per heavy atom. The van der Waals surface area contributed by atoms with Crippen LogP contribution in [0.4, 0.5) is 0 Å². The first-order chi connectivity index (χ1) is 15.5. The van der Waals surface area contributed by atoms with Gasteiger partial charge in [0, 0.05) is 6.92 Å². The van der Waals surface area contributed by atoms with E-state index in [-0.39, 0.29) is 5.75 Å². The SMILES string of the molecule is COc1cc(/C=C/c2nc(-c3ccccc3O)n(-c3ccccc3)n2)ccc1OC(C)=O. The van der Waals surface area contributed by atoms with Crippen molar-refractivity contribution in [2.24, 2.45) is 0 Å². The van der Waals surface area contributed by atoms with E-state index in [0.29, 0.717) is 28.7 Å². The van der Waals surface area contributed by atoms with E-state index in [0.717, 1.165) is 11.3 Å². The molecule has 1 N–H and O–H groups in total. The van der Waals surface area contributed by atoms with Gasteiger partial charge in [0.1, 0.15) is 5.75 Å². The maximum Gasteiger partial charge on any atom is 0.308 e. The molecule has 0 saturated heterocycles. The standard InChI is InChI=1S/C25H21N3O4/c1-17(29)32-22-14-12-18(16-23(22)31-2)13-15-24-26-25(20-10-6-7-11-21(20)30)28(27-24)19-8-4-3-5-9-19/h3-16,30H,1-2H3/b15-13+. The normalized spacial score (nSPS) is 10.9. The third kappa shape index (κ3) is 4.52. The van der Waals surface area contributed by atoms with Crippen molar-refractivity contribution in [3.8, 4) is 34.3 Å². The molecule has 1 aromatic heterocycles. The smallest absolute Gasteiger partial charge is 0.308 e. The van der Waals surface area contributed by atoms with Crippen LogP contribution in [0, 0.1) is 0 Å². The molecule has 0 unspecified atom stereocenters. The summed E-state index contributed by atoms with van der Waals surface area (Å²) in [5.41, 5.74) is 2.22. The van der Waals surface area contributed by atoms with E-state index in [1.165, 1.54) is 14.0 Å². The van der Waals surface area contributed by atoms with Crippen molar-refractivity contribution in [2.45, 2.75) is 6.92 Å². The Bertz CT molecular complexity index is 1280. The van der Waals surface area contributed by atoms with Gasteiger partial charge in [-0.25, -0.2) is 9.67 Å². The summed E-state index contributed by atoms with van der Waals surface area (Å²) in [7, 11) is 1.51. The molecule has 3 aromatic carbocycles. The van der Waals surface area contributed by atoms with Gasteiger partial charge >= 0.3 is 5.97 Å². The summed E-state index contributed by atoms with van der Waals surface area (Å²) >= 11 is 0. The van der Waals surface area contributed by atoms with Crippen LogP contribution in [0.1, 0.15) is 18.3 Å². The Balaban J connectivity index is 1.71. The number of nitrogens with zero attached hydrogens (tertiary/aromatic N) is 3. The average molecular weight is 427 g/mol. The molecule has 0 aliphatic heterocycles. The van der Waals surface area contributed by atoms with Gasteiger partial charge in [0.15, 0.2) is 23.1 Å². The fourth-order valence-electron chi connectivity index (χ4n) is 3.18. The van der Waals surface area contributed by atoms with Crippen molar-refractivity contribution < 1.29 is 19.4 Å². The first-order valence-corrected chi connectivity index (χ1v) is 9.90. The van der Waals surface area contributed by atoms with Gasteiger partial charge in [-0.3, -0.25) is 4.79 Å². The number of hydrogen-bond donors (Lipinski definition) is 1. The van der Waals surface area contributed by atoms with Crippen molar-refractivity contribution in [1.82, 2.24) is 14.8 Å². The number of esters is 1. The number of phenolic OH excluding ortho intramolecular Hbond substituents is 1. The number of carbonyl (C=O) groups excluding carboxylic acids is 1. The van der Waals surface area contributed by atoms with E-state index in [9.17, 15) is 9.90 Å². The predicted molar refractivity (Wildman–Crippen MR) is 122 cm³/mol. The molecule has 4 aromatic rings. The molecule has 0 radical (unpaired) electrons. The van der Waals surface area contributed by atoms with Crippen LogP contribution in [-0.4, -0.2) is 33.0 Å². The fourth-order valence-corrected chi connectivity index (χ4v) is 3.18. The highest BCUT2D eigenvalue weighted by Gasteiger charge is 2.15. The Hall–Kier alpha value is -4.39. The Morgan fingerprint density at radius 2 is 1.72 bits per heavy atom. The molecule has 0 atom stereocenters. The third-order valence-electron chi connectivity index (χ3n) is 4.64. The van der Waals surface area contributed by atoms with Gasteiger partial charge in [0.25, 0.3) is 0 Å². The molecular weight excluding hydrogens is 406 g/mol. The number of hydrogen-bond acceptors (Lipinski definition) is 6. The van der Waals surface area contributed by atoms with Crippen molar-refractivity contribution in [3.63, 3.8) is 0 Å². The summed E-state index contributed by atoms with van der Waals surface area (Å²) in [5.74, 6) is 1.50. The van der Waals surface area contributed by atoms with Crippen LogP contribution < -0.4 is 9.47 Å². The molecule has 4 rings (SSSR count). The lowest BCUT2D eigenvalue weighted by atomic mass is 10.2. The van der Waals surface area contributed by atoms with Gasteiger partial charge in [0.05, 0.1) is 18.4 Å². The number of methoxy groups -OCH3 is 1. The average Bonchev–Trinajstić information content (AvgIpc) is 3.23. The number of benzene rings is 3. The molecule has 0 fully saturated rings. The Labute approximate surface area is 185 Å². The highest BCUT2D eigenvalue weighted by atomic mass is 16.6. The molecule has 160 valence electrons. The molecule has 32 heavy (non-hydrogen) atoms. The maximum absolute atomic E-state index is 11.2. The van der Waals surface area contributed by atoms with E-state index in [1.54, 1.807) is 47.2 Å². The van der Waals surface area contributed by atoms with E-state index in [2.05, 4.69) is 10.1 Å². The lowest BCUT2D eigenvalue weighted by Crippen LogP contribution is -2.02. The van der Waals surface area contributed by atoms with Crippen LogP contribution in [0.15, 0.2) is 72.8 Å². The van der Waals surface area contributed by atoms with Gasteiger partial charge in [-0.15, -0.1) is 5.10 Å². The zero-order valence-electron chi connectivity index (χ0n) is 17.6. The van der Waals surface area contributed by atoms with E-state index in [1.807, 2.05) is 42.5 Å². The second-order valence-electron chi connectivity index (χ2n) is 6.90. The first kappa shape index (κ1) is 20.9. The minimum absolute atomic E-state index is 0.124. The van der Waals surface area contributed by atoms with Gasteiger partial charge in [-0.1, -0.05) is 42.5 Å². The molecule has 1 heterocycles. The molecular formula is C25H21N3O4. The van der Waals surface area contributed by atoms with Gasteiger partial charge in [-0.05, 0) is 48.0 Å². The fraction of sp³-hybridized carbons (Fsp3) is 0.0800. The summed E-state index contributed by atoms with van der Waals surface area (Å²) < 4.78 is 12.2. The van der Waals surface area contributed by atoms with Crippen LogP contribution >= 0.6 is 0 Å². The van der Waals surface area contributed by atoms with Crippen molar-refractivity contribution in [2.75, 3.05) is 7.11 Å². The zero-order valence-corrected chi connectivity index (χ0v) is 17.6. The van der Waals surface area contributed by atoms with E-state index >= 15 is 0 Å². The number of aromatic hydroxyl groups is 1. The number of para-hydroxylation sites is 2. The molecule has 0 saturated carbocycles. The lowest BCUT2D eigenvalue weighted by molar-refractivity contribution is -0.132. The summed E-state index contributed by atoms with van der Waals surface area (Å²) in [6.45, 7) is 1.34. The number of carbonyl (C=O) groups is 1. The summed E-state index contributed by atoms with van der Waals surface area (Å²) in [6.07, 6.45) is 3.60. The highest BCUT2D eigenvalue weighted by Crippen LogP contribution is 2.30. The second-order valence-corrected chi connectivity index (χ2v) is 6.90. The largest absolute Gasteiger partial charge is 0.507 e. The van der Waals surface area contributed by atoms with Crippen LogP contribution in [0.25, 0.3) is 29.2 Å². The second kappa shape index (κ2) is 9.18. The Kier molecular flexibility index (Phi) is 5.98. The number of phenols is 1. The number of ether oxygens (including phenoxy) is 2. The van der Waals surface area contributed by atoms with Crippen LogP contribution in [0.5, 0.6) is 17.2 Å². The number of rotatable bonds is 6. The summed E-state index contributed by atoms with van der Waals surface area (Å²) in [5, 5.41) is 15.0. The van der Waals surface area contributed by atoms with Gasteiger partial charge < -0.3 is 14.6 Å². The Morgan fingerprint density at radius 3 is 2.44 bits per heavy atom. The molecule has 0 bridgehead atoms. The van der Waals surface area contributed by atoms with Crippen LogP contribution in [-0.2, 0) is 4.79 Å². The monoisotopic (exact) mass is 427 g/mol. The lowest BCUT2D eigenvalue weighted by Gasteiger charge is -2.08. The van der Waals surface area contributed by atoms with Crippen LogP contribution in [0.3, 0.4) is 0 Å². The number of aromatic nitrogens is 3. The molecule has 7 nitrogen and oxygen atoms in total. The van der Waals surface area contributed by atoms with Crippen molar-refractivity contribution >= 4 is 18.1 Å². The molecule has 7 heteroatoms. The van der Waals surface area contributed by atoms with Gasteiger partial charge in [-0.2, -0.15) is 0 Å². The quantitative estimate of drug-likeness (QED) is 0.353. The van der Waals surface area contributed by atoms with Crippen LogP contribution in [0.2, 0.25) is 0 Å². The third-order valence-corrected chi connectivity index (χ3v) is 4.64. The molecule has 0 aliphatic carbocycles. The summed E-state index contributed by atoms with van der Waals surface area (Å²) in [6, 6.07) is 21.8. The zero-order chi connectivity index (χ0) is 22.5. The molecule has 0 amide bonds. The minimum atomic E-state index is -0.418.